The Balaban J connectivity index is 1.53. The van der Waals surface area contributed by atoms with E-state index in [9.17, 15) is 4.79 Å². The third-order valence-corrected chi connectivity index (χ3v) is 4.90. The van der Waals surface area contributed by atoms with Crippen molar-refractivity contribution in [3.8, 4) is 11.5 Å². The normalized spacial score (nSPS) is 13.0. The van der Waals surface area contributed by atoms with E-state index in [1.807, 2.05) is 36.4 Å². The first kappa shape index (κ1) is 18.9. The topological polar surface area (TPSA) is 76.8 Å². The van der Waals surface area contributed by atoms with E-state index in [1.165, 1.54) is 0 Å². The number of fused-ring (bicyclic) bond motifs is 1. The van der Waals surface area contributed by atoms with Gasteiger partial charge in [0.1, 0.15) is 0 Å². The van der Waals surface area contributed by atoms with Crippen LogP contribution in [0.3, 0.4) is 0 Å². The van der Waals surface area contributed by atoms with E-state index >= 15 is 0 Å². The van der Waals surface area contributed by atoms with Gasteiger partial charge in [-0.2, -0.15) is 0 Å². The first-order valence-corrected chi connectivity index (χ1v) is 9.22. The number of hydrogen-bond acceptors (Lipinski definition) is 5. The van der Waals surface area contributed by atoms with Gasteiger partial charge in [-0.05, 0) is 54.7 Å². The summed E-state index contributed by atoms with van der Waals surface area (Å²) in [5.74, 6) is 1.42. The smallest absolute Gasteiger partial charge is 0.239 e. The van der Waals surface area contributed by atoms with Gasteiger partial charge < -0.3 is 25.4 Å². The molecule has 3 N–H and O–H groups in total. The minimum Gasteiger partial charge on any atom is -0.493 e. The average Bonchev–Trinajstić information content (AvgIpc) is 2.68. The summed E-state index contributed by atoms with van der Waals surface area (Å²) in [5, 5.41) is 3.01. The van der Waals surface area contributed by atoms with Gasteiger partial charge in [0, 0.05) is 24.5 Å². The largest absolute Gasteiger partial charge is 0.493 e. The molecule has 0 aliphatic carbocycles. The molecule has 0 fully saturated rings. The van der Waals surface area contributed by atoms with Crippen molar-refractivity contribution in [3.05, 3.63) is 47.5 Å². The lowest BCUT2D eigenvalue weighted by Crippen LogP contribution is -2.40. The highest BCUT2D eigenvalue weighted by molar-refractivity contribution is 5.82. The number of nitrogens with one attached hydrogen (secondary N) is 1. The van der Waals surface area contributed by atoms with Gasteiger partial charge in [-0.25, -0.2) is 0 Å². The molecule has 2 aromatic rings. The Morgan fingerprint density at radius 3 is 2.78 bits per heavy atom. The Morgan fingerprint density at radius 2 is 2.00 bits per heavy atom. The van der Waals surface area contributed by atoms with Gasteiger partial charge in [-0.1, -0.05) is 12.1 Å². The molecule has 1 amide bonds. The van der Waals surface area contributed by atoms with E-state index in [1.54, 1.807) is 14.2 Å². The molecule has 0 radical (unpaired) electrons. The Bertz CT molecular complexity index is 807. The molecule has 0 bridgehead atoms. The number of ether oxygens (including phenoxy) is 2. The summed E-state index contributed by atoms with van der Waals surface area (Å²) in [6.45, 7) is 1.80. The van der Waals surface area contributed by atoms with Crippen LogP contribution in [0.2, 0.25) is 0 Å². The van der Waals surface area contributed by atoms with Gasteiger partial charge in [0.15, 0.2) is 11.5 Å². The van der Waals surface area contributed by atoms with Gasteiger partial charge in [-0.3, -0.25) is 4.79 Å². The lowest BCUT2D eigenvalue weighted by atomic mass is 10.00. The van der Waals surface area contributed by atoms with E-state index in [4.69, 9.17) is 15.2 Å². The van der Waals surface area contributed by atoms with Gasteiger partial charge in [-0.15, -0.1) is 0 Å². The van der Waals surface area contributed by atoms with E-state index in [-0.39, 0.29) is 5.91 Å². The van der Waals surface area contributed by atoms with Gasteiger partial charge >= 0.3 is 0 Å². The quantitative estimate of drug-likeness (QED) is 0.733. The van der Waals surface area contributed by atoms with Crippen molar-refractivity contribution in [1.29, 1.82) is 0 Å². The molecule has 144 valence electrons. The summed E-state index contributed by atoms with van der Waals surface area (Å²) in [4.78, 5) is 14.5. The van der Waals surface area contributed by atoms with Crippen LogP contribution in [-0.2, 0) is 17.6 Å². The fourth-order valence-corrected chi connectivity index (χ4v) is 3.50. The van der Waals surface area contributed by atoms with Crippen LogP contribution >= 0.6 is 0 Å². The second kappa shape index (κ2) is 8.66. The van der Waals surface area contributed by atoms with Crippen molar-refractivity contribution in [2.24, 2.45) is 0 Å². The molecular formula is C21H27N3O3. The molecule has 27 heavy (non-hydrogen) atoms. The molecule has 0 atom stereocenters. The fraction of sp³-hybridized carbons (Fsp3) is 0.381. The second-order valence-electron chi connectivity index (χ2n) is 6.66. The first-order chi connectivity index (χ1) is 13.1. The molecule has 6 heteroatoms. The lowest BCUT2D eigenvalue weighted by molar-refractivity contribution is -0.119. The molecule has 0 unspecified atom stereocenters. The Labute approximate surface area is 160 Å². The van der Waals surface area contributed by atoms with Crippen LogP contribution in [0.4, 0.5) is 11.4 Å². The molecule has 6 nitrogen and oxygen atoms in total. The summed E-state index contributed by atoms with van der Waals surface area (Å²) in [5.41, 5.74) is 10.2. The van der Waals surface area contributed by atoms with Crippen LogP contribution in [0.1, 0.15) is 17.5 Å². The van der Waals surface area contributed by atoms with E-state index in [0.29, 0.717) is 24.6 Å². The molecule has 2 aromatic carbocycles. The SMILES string of the molecule is COc1ccc(CCNC(=O)CN2CCCc3c(N)cccc32)cc1OC. The number of methoxy groups -OCH3 is 2. The lowest BCUT2D eigenvalue weighted by Gasteiger charge is -2.31. The monoisotopic (exact) mass is 369 g/mol. The van der Waals surface area contributed by atoms with Crippen LogP contribution in [0.15, 0.2) is 36.4 Å². The van der Waals surface area contributed by atoms with Crippen molar-refractivity contribution in [2.45, 2.75) is 19.3 Å². The summed E-state index contributed by atoms with van der Waals surface area (Å²) >= 11 is 0. The highest BCUT2D eigenvalue weighted by Gasteiger charge is 2.20. The molecule has 1 aliphatic heterocycles. The Kier molecular flexibility index (Phi) is 6.06. The van der Waals surface area contributed by atoms with E-state index < -0.39 is 0 Å². The number of nitrogens with zero attached hydrogens (tertiary/aromatic N) is 1. The molecule has 0 saturated carbocycles. The molecule has 0 spiro atoms. The van der Waals surface area contributed by atoms with Crippen molar-refractivity contribution in [2.75, 3.05) is 44.5 Å². The predicted molar refractivity (Wildman–Crippen MR) is 108 cm³/mol. The third kappa shape index (κ3) is 4.45. The summed E-state index contributed by atoms with van der Waals surface area (Å²) < 4.78 is 10.6. The zero-order valence-electron chi connectivity index (χ0n) is 16.0. The number of anilines is 2. The van der Waals surface area contributed by atoms with Crippen molar-refractivity contribution in [3.63, 3.8) is 0 Å². The van der Waals surface area contributed by atoms with Crippen LogP contribution in [-0.4, -0.2) is 39.8 Å². The maximum absolute atomic E-state index is 12.4. The minimum absolute atomic E-state index is 0.0192. The number of amides is 1. The number of rotatable bonds is 7. The maximum atomic E-state index is 12.4. The zero-order valence-corrected chi connectivity index (χ0v) is 16.0. The maximum Gasteiger partial charge on any atom is 0.239 e. The zero-order chi connectivity index (χ0) is 19.2. The summed E-state index contributed by atoms with van der Waals surface area (Å²) in [6, 6.07) is 11.7. The standard InChI is InChI=1S/C21H27N3O3/c1-26-19-9-8-15(13-20(19)27-2)10-11-23-21(25)14-24-12-4-5-16-17(22)6-3-7-18(16)24/h3,6-9,13H,4-5,10-12,14,22H2,1-2H3,(H,23,25). The first-order valence-electron chi connectivity index (χ1n) is 9.22. The molecular weight excluding hydrogens is 342 g/mol. The molecule has 0 aromatic heterocycles. The number of carbonyl (C=O) groups excluding carboxylic acids is 1. The van der Waals surface area contributed by atoms with Gasteiger partial charge in [0.25, 0.3) is 0 Å². The number of nitrogens with two attached hydrogens (primary N) is 1. The Hall–Kier alpha value is -2.89. The van der Waals surface area contributed by atoms with E-state index in [0.717, 1.165) is 48.3 Å². The van der Waals surface area contributed by atoms with Crippen LogP contribution in [0.5, 0.6) is 11.5 Å². The highest BCUT2D eigenvalue weighted by Crippen LogP contribution is 2.31. The van der Waals surface area contributed by atoms with E-state index in [2.05, 4.69) is 10.2 Å². The summed E-state index contributed by atoms with van der Waals surface area (Å²) in [7, 11) is 3.23. The van der Waals surface area contributed by atoms with Crippen molar-refractivity contribution < 1.29 is 14.3 Å². The van der Waals surface area contributed by atoms with Crippen LogP contribution in [0, 0.1) is 0 Å². The highest BCUT2D eigenvalue weighted by atomic mass is 16.5. The van der Waals surface area contributed by atoms with Gasteiger partial charge in [0.05, 0.1) is 20.8 Å². The summed E-state index contributed by atoms with van der Waals surface area (Å²) in [6.07, 6.45) is 2.72. The van der Waals surface area contributed by atoms with Crippen molar-refractivity contribution >= 4 is 17.3 Å². The molecule has 1 heterocycles. The number of benzene rings is 2. The molecule has 1 aliphatic rings. The predicted octanol–water partition coefficient (Wildman–Crippen LogP) is 2.40. The van der Waals surface area contributed by atoms with Crippen molar-refractivity contribution in [1.82, 2.24) is 5.32 Å². The average molecular weight is 369 g/mol. The second-order valence-corrected chi connectivity index (χ2v) is 6.66. The van der Waals surface area contributed by atoms with Gasteiger partial charge in [0.2, 0.25) is 5.91 Å². The number of hydrogen-bond donors (Lipinski definition) is 2. The molecule has 3 rings (SSSR count). The minimum atomic E-state index is 0.0192. The fourth-order valence-electron chi connectivity index (χ4n) is 3.50. The molecule has 0 saturated heterocycles. The van der Waals surface area contributed by atoms with Crippen LogP contribution < -0.4 is 25.4 Å². The number of nitrogen functional groups attached to an aromatic ring is 1. The Morgan fingerprint density at radius 1 is 1.19 bits per heavy atom. The third-order valence-electron chi connectivity index (χ3n) is 4.90. The van der Waals surface area contributed by atoms with Crippen LogP contribution in [0.25, 0.3) is 0 Å². The number of carbonyl (C=O) groups is 1.